The minimum absolute atomic E-state index is 0.287. The Morgan fingerprint density at radius 1 is 1.05 bits per heavy atom. The van der Waals surface area contributed by atoms with Gasteiger partial charge in [0.15, 0.2) is 0 Å². The number of ether oxygens (including phenoxy) is 1. The SMILES string of the molecule is CCOc1ccc(C(C(N)CC(=O)O)C(N)CC(=O)O)cc1. The van der Waals surface area contributed by atoms with Crippen LogP contribution in [0.4, 0.5) is 0 Å². The van der Waals surface area contributed by atoms with Gasteiger partial charge in [0.05, 0.1) is 19.4 Å². The van der Waals surface area contributed by atoms with E-state index in [1.54, 1.807) is 24.3 Å². The molecule has 1 rings (SSSR count). The number of hydrogen-bond acceptors (Lipinski definition) is 5. The van der Waals surface area contributed by atoms with Gasteiger partial charge in [-0.05, 0) is 24.6 Å². The molecule has 7 nitrogen and oxygen atoms in total. The highest BCUT2D eigenvalue weighted by Gasteiger charge is 2.29. The molecule has 0 spiro atoms. The molecule has 0 aromatic heterocycles. The van der Waals surface area contributed by atoms with Crippen LogP contribution in [-0.4, -0.2) is 40.8 Å². The van der Waals surface area contributed by atoms with Gasteiger partial charge in [-0.1, -0.05) is 12.1 Å². The molecule has 2 unspecified atom stereocenters. The lowest BCUT2D eigenvalue weighted by atomic mass is 9.83. The highest BCUT2D eigenvalue weighted by molar-refractivity contribution is 5.69. The highest BCUT2D eigenvalue weighted by Crippen LogP contribution is 2.27. The van der Waals surface area contributed by atoms with Crippen LogP contribution >= 0.6 is 0 Å². The molecule has 0 saturated heterocycles. The normalized spacial score (nSPS) is 14.9. The third-order valence-corrected chi connectivity index (χ3v) is 3.32. The number of carbonyl (C=O) groups is 2. The molecule has 1 aromatic carbocycles. The first-order valence-electron chi connectivity index (χ1n) is 7.02. The predicted octanol–water partition coefficient (Wildman–Crippen LogP) is 0.773. The summed E-state index contributed by atoms with van der Waals surface area (Å²) in [6, 6.07) is 5.38. The second kappa shape index (κ2) is 8.35. The Hall–Kier alpha value is -2.12. The fraction of sp³-hybridized carbons (Fsp3) is 0.467. The molecule has 22 heavy (non-hydrogen) atoms. The third kappa shape index (κ3) is 5.34. The maximum atomic E-state index is 10.9. The molecule has 2 atom stereocenters. The number of hydrogen-bond donors (Lipinski definition) is 4. The quantitative estimate of drug-likeness (QED) is 0.529. The fourth-order valence-electron chi connectivity index (χ4n) is 2.42. The summed E-state index contributed by atoms with van der Waals surface area (Å²) in [7, 11) is 0. The highest BCUT2D eigenvalue weighted by atomic mass is 16.5. The van der Waals surface area contributed by atoms with Crippen LogP contribution in [0.3, 0.4) is 0 Å². The van der Waals surface area contributed by atoms with Gasteiger partial charge < -0.3 is 26.4 Å². The van der Waals surface area contributed by atoms with Crippen molar-refractivity contribution in [1.82, 2.24) is 0 Å². The maximum Gasteiger partial charge on any atom is 0.304 e. The van der Waals surface area contributed by atoms with E-state index < -0.39 is 29.9 Å². The van der Waals surface area contributed by atoms with Crippen molar-refractivity contribution in [3.8, 4) is 5.75 Å². The van der Waals surface area contributed by atoms with Crippen molar-refractivity contribution in [2.45, 2.75) is 37.8 Å². The largest absolute Gasteiger partial charge is 0.494 e. The molecular weight excluding hydrogens is 288 g/mol. The van der Waals surface area contributed by atoms with E-state index in [0.29, 0.717) is 17.9 Å². The minimum Gasteiger partial charge on any atom is -0.494 e. The van der Waals surface area contributed by atoms with E-state index in [4.69, 9.17) is 26.4 Å². The Labute approximate surface area is 128 Å². The molecule has 0 fully saturated rings. The van der Waals surface area contributed by atoms with Gasteiger partial charge in [0, 0.05) is 18.0 Å². The molecule has 0 bridgehead atoms. The Morgan fingerprint density at radius 3 is 1.86 bits per heavy atom. The zero-order valence-corrected chi connectivity index (χ0v) is 12.4. The molecule has 6 N–H and O–H groups in total. The average Bonchev–Trinajstić information content (AvgIpc) is 2.39. The van der Waals surface area contributed by atoms with Crippen molar-refractivity contribution in [3.63, 3.8) is 0 Å². The monoisotopic (exact) mass is 310 g/mol. The zero-order chi connectivity index (χ0) is 16.7. The van der Waals surface area contributed by atoms with Crippen molar-refractivity contribution in [2.24, 2.45) is 11.5 Å². The molecule has 0 heterocycles. The van der Waals surface area contributed by atoms with Crippen LogP contribution < -0.4 is 16.2 Å². The molecule has 0 amide bonds. The van der Waals surface area contributed by atoms with Crippen molar-refractivity contribution in [2.75, 3.05) is 6.61 Å². The van der Waals surface area contributed by atoms with Gasteiger partial charge in [-0.2, -0.15) is 0 Å². The minimum atomic E-state index is -1.05. The summed E-state index contributed by atoms with van der Waals surface area (Å²) in [5, 5.41) is 17.8. The van der Waals surface area contributed by atoms with Gasteiger partial charge in [-0.15, -0.1) is 0 Å². The Kier molecular flexibility index (Phi) is 6.81. The van der Waals surface area contributed by atoms with Gasteiger partial charge in [0.2, 0.25) is 0 Å². The van der Waals surface area contributed by atoms with Gasteiger partial charge in [0.1, 0.15) is 5.75 Å². The van der Waals surface area contributed by atoms with Crippen LogP contribution in [0.25, 0.3) is 0 Å². The molecule has 0 aliphatic carbocycles. The summed E-state index contributed by atoms with van der Waals surface area (Å²) in [4.78, 5) is 21.7. The smallest absolute Gasteiger partial charge is 0.304 e. The summed E-state index contributed by atoms with van der Waals surface area (Å²) < 4.78 is 5.34. The topological polar surface area (TPSA) is 136 Å². The van der Waals surface area contributed by atoms with Gasteiger partial charge >= 0.3 is 11.9 Å². The first-order chi connectivity index (χ1) is 10.3. The maximum absolute atomic E-state index is 10.9. The molecule has 0 aliphatic heterocycles. The van der Waals surface area contributed by atoms with Crippen molar-refractivity contribution in [1.29, 1.82) is 0 Å². The van der Waals surface area contributed by atoms with Crippen molar-refractivity contribution >= 4 is 11.9 Å². The number of carboxylic acid groups (broad SMARTS) is 2. The number of aliphatic carboxylic acids is 2. The van der Waals surface area contributed by atoms with Crippen LogP contribution in [0.15, 0.2) is 24.3 Å². The first-order valence-corrected chi connectivity index (χ1v) is 7.02. The molecule has 0 saturated carbocycles. The van der Waals surface area contributed by atoms with Crippen LogP contribution in [0.2, 0.25) is 0 Å². The standard InChI is InChI=1S/C15H22N2O5/c1-2-22-10-5-3-9(4-6-10)15(11(16)7-13(18)19)12(17)8-14(20)21/h3-6,11-12,15H,2,7-8,16-17H2,1H3,(H,18,19)(H,20,21). The van der Waals surface area contributed by atoms with Crippen molar-refractivity contribution < 1.29 is 24.5 Å². The van der Waals surface area contributed by atoms with E-state index in [0.717, 1.165) is 0 Å². The molecule has 0 radical (unpaired) electrons. The summed E-state index contributed by atoms with van der Waals surface area (Å²) in [5.74, 6) is -2.00. The molecular formula is C15H22N2O5. The lowest BCUT2D eigenvalue weighted by molar-refractivity contribution is -0.137. The second-order valence-electron chi connectivity index (χ2n) is 5.05. The van der Waals surface area contributed by atoms with Crippen LogP contribution in [-0.2, 0) is 9.59 Å². The Balaban J connectivity index is 3.01. The second-order valence-corrected chi connectivity index (χ2v) is 5.05. The van der Waals surface area contributed by atoms with E-state index in [1.165, 1.54) is 0 Å². The molecule has 1 aromatic rings. The van der Waals surface area contributed by atoms with Gasteiger partial charge in [-0.3, -0.25) is 9.59 Å². The number of carboxylic acids is 2. The summed E-state index contributed by atoms with van der Waals surface area (Å²) >= 11 is 0. The van der Waals surface area contributed by atoms with E-state index in [2.05, 4.69) is 0 Å². The van der Waals surface area contributed by atoms with E-state index >= 15 is 0 Å². The zero-order valence-electron chi connectivity index (χ0n) is 12.4. The Morgan fingerprint density at radius 2 is 1.50 bits per heavy atom. The fourth-order valence-corrected chi connectivity index (χ4v) is 2.42. The van der Waals surface area contributed by atoms with Gasteiger partial charge in [-0.25, -0.2) is 0 Å². The number of nitrogens with two attached hydrogens (primary N) is 2. The summed E-state index contributed by atoms with van der Waals surface area (Å²) in [5.41, 5.74) is 12.6. The van der Waals surface area contributed by atoms with Crippen molar-refractivity contribution in [3.05, 3.63) is 29.8 Å². The van der Waals surface area contributed by atoms with Crippen LogP contribution in [0.1, 0.15) is 31.2 Å². The lowest BCUT2D eigenvalue weighted by Gasteiger charge is -2.28. The number of benzene rings is 1. The first kappa shape index (κ1) is 17.9. The number of rotatable bonds is 9. The summed E-state index contributed by atoms with van der Waals surface area (Å²) in [6.45, 7) is 2.39. The predicted molar refractivity (Wildman–Crippen MR) is 80.8 cm³/mol. The van der Waals surface area contributed by atoms with E-state index in [9.17, 15) is 9.59 Å². The van der Waals surface area contributed by atoms with Crippen LogP contribution in [0, 0.1) is 0 Å². The molecule has 0 aliphatic rings. The molecule has 122 valence electrons. The lowest BCUT2D eigenvalue weighted by Crippen LogP contribution is -2.43. The summed E-state index contributed by atoms with van der Waals surface area (Å²) in [6.07, 6.45) is -0.573. The van der Waals surface area contributed by atoms with E-state index in [1.807, 2.05) is 6.92 Å². The van der Waals surface area contributed by atoms with E-state index in [-0.39, 0.29) is 12.8 Å². The molecule has 7 heteroatoms. The average molecular weight is 310 g/mol. The third-order valence-electron chi connectivity index (χ3n) is 3.32. The van der Waals surface area contributed by atoms with Gasteiger partial charge in [0.25, 0.3) is 0 Å². The van der Waals surface area contributed by atoms with Crippen LogP contribution in [0.5, 0.6) is 5.75 Å². The Bertz CT molecular complexity index is 481.